The topological polar surface area (TPSA) is 84.0 Å². The molecule has 0 saturated heterocycles. The van der Waals surface area contributed by atoms with Crippen LogP contribution in [0.4, 0.5) is 0 Å². The molecule has 0 aromatic heterocycles. The summed E-state index contributed by atoms with van der Waals surface area (Å²) < 4.78 is 22.5. The van der Waals surface area contributed by atoms with Crippen molar-refractivity contribution < 1.29 is 8.42 Å². The summed E-state index contributed by atoms with van der Waals surface area (Å²) in [6.07, 6.45) is 1.16. The summed E-state index contributed by atoms with van der Waals surface area (Å²) in [5.41, 5.74) is 6.42. The molecule has 0 aliphatic rings. The molecule has 4 nitrogen and oxygen atoms in total. The fourth-order valence-corrected chi connectivity index (χ4v) is 2.19. The molecule has 3 N–H and O–H groups in total. The number of nitrogen functional groups attached to an aromatic ring is 1. The van der Waals surface area contributed by atoms with Crippen LogP contribution in [-0.2, 0) is 9.84 Å². The predicted molar refractivity (Wildman–Crippen MR) is 55.3 cm³/mol. The molecule has 0 bridgehead atoms. The highest BCUT2D eigenvalue weighted by Gasteiger charge is 2.11. The molecule has 0 spiro atoms. The molecule has 76 valence electrons. The van der Waals surface area contributed by atoms with Crippen LogP contribution < -0.4 is 5.73 Å². The largest absolute Gasteiger partial charge is 0.384 e. The van der Waals surface area contributed by atoms with Gasteiger partial charge in [-0.05, 0) is 30.7 Å². The Kier molecular flexibility index (Phi) is 2.62. The minimum Gasteiger partial charge on any atom is -0.384 e. The molecule has 0 radical (unpaired) electrons. The highest BCUT2D eigenvalue weighted by molar-refractivity contribution is 7.90. The third-order valence-electron chi connectivity index (χ3n) is 1.89. The van der Waals surface area contributed by atoms with E-state index in [0.29, 0.717) is 11.1 Å². The maximum atomic E-state index is 11.2. The lowest BCUT2D eigenvalue weighted by molar-refractivity contribution is 0.601. The quantitative estimate of drug-likeness (QED) is 0.558. The Hall–Kier alpha value is -1.36. The Labute approximate surface area is 83.2 Å². The molecule has 0 heterocycles. The van der Waals surface area contributed by atoms with E-state index >= 15 is 0 Å². The lowest BCUT2D eigenvalue weighted by Crippen LogP contribution is -2.12. The molecule has 0 aliphatic heterocycles. The van der Waals surface area contributed by atoms with E-state index in [-0.39, 0.29) is 10.7 Å². The second-order valence-electron chi connectivity index (χ2n) is 3.17. The van der Waals surface area contributed by atoms with Gasteiger partial charge in [-0.25, -0.2) is 8.42 Å². The van der Waals surface area contributed by atoms with Crippen LogP contribution >= 0.6 is 0 Å². The lowest BCUT2D eigenvalue weighted by atomic mass is 10.1. The maximum absolute atomic E-state index is 11.2. The highest BCUT2D eigenvalue weighted by atomic mass is 32.2. The van der Waals surface area contributed by atoms with Crippen LogP contribution in [0, 0.1) is 12.3 Å². The molecule has 0 aliphatic carbocycles. The molecule has 0 unspecified atom stereocenters. The van der Waals surface area contributed by atoms with Crippen molar-refractivity contribution in [2.75, 3.05) is 6.26 Å². The summed E-state index contributed by atoms with van der Waals surface area (Å²) >= 11 is 0. The zero-order chi connectivity index (χ0) is 10.9. The van der Waals surface area contributed by atoms with E-state index in [9.17, 15) is 8.42 Å². The SMILES string of the molecule is Cc1cc(C(=N)N)ccc1S(C)(=O)=O. The van der Waals surface area contributed by atoms with Crippen molar-refractivity contribution in [3.8, 4) is 0 Å². The van der Waals surface area contributed by atoms with Crippen molar-refractivity contribution in [2.45, 2.75) is 11.8 Å². The van der Waals surface area contributed by atoms with E-state index in [1.54, 1.807) is 13.0 Å². The fourth-order valence-electron chi connectivity index (χ4n) is 1.23. The Balaban J connectivity index is 3.35. The molecule has 5 heteroatoms. The minimum absolute atomic E-state index is 0.0619. The maximum Gasteiger partial charge on any atom is 0.175 e. The smallest absolute Gasteiger partial charge is 0.175 e. The molecular formula is C9H12N2O2S. The number of amidine groups is 1. The average Bonchev–Trinajstić information content (AvgIpc) is 2.01. The van der Waals surface area contributed by atoms with Gasteiger partial charge < -0.3 is 5.73 Å². The Morgan fingerprint density at radius 1 is 1.43 bits per heavy atom. The van der Waals surface area contributed by atoms with E-state index < -0.39 is 9.84 Å². The first-order chi connectivity index (χ1) is 6.32. The Morgan fingerprint density at radius 3 is 2.36 bits per heavy atom. The van der Waals surface area contributed by atoms with Gasteiger partial charge in [0.25, 0.3) is 0 Å². The molecule has 0 amide bonds. The van der Waals surface area contributed by atoms with Crippen LogP contribution in [0.3, 0.4) is 0 Å². The lowest BCUT2D eigenvalue weighted by Gasteiger charge is -2.05. The summed E-state index contributed by atoms with van der Waals surface area (Å²) in [5.74, 6) is -0.0619. The van der Waals surface area contributed by atoms with Crippen LogP contribution in [0.15, 0.2) is 23.1 Å². The van der Waals surface area contributed by atoms with Crippen molar-refractivity contribution in [3.05, 3.63) is 29.3 Å². The normalized spacial score (nSPS) is 11.3. The molecule has 1 aromatic carbocycles. The standard InChI is InChI=1S/C9H12N2O2S/c1-6-5-7(9(10)11)3-4-8(6)14(2,12)13/h3-5H,1-2H3,(H3,10,11). The van der Waals surface area contributed by atoms with Gasteiger partial charge in [-0.1, -0.05) is 0 Å². The molecular weight excluding hydrogens is 200 g/mol. The molecule has 1 aromatic rings. The summed E-state index contributed by atoms with van der Waals surface area (Å²) in [7, 11) is -3.19. The third kappa shape index (κ3) is 2.11. The number of aryl methyl sites for hydroxylation is 1. The van der Waals surface area contributed by atoms with Gasteiger partial charge in [-0.15, -0.1) is 0 Å². The Morgan fingerprint density at radius 2 is 2.00 bits per heavy atom. The second kappa shape index (κ2) is 3.42. The van der Waals surface area contributed by atoms with Crippen molar-refractivity contribution in [2.24, 2.45) is 5.73 Å². The minimum atomic E-state index is -3.19. The number of rotatable bonds is 2. The third-order valence-corrected chi connectivity index (χ3v) is 3.14. The van der Waals surface area contributed by atoms with Crippen molar-refractivity contribution in [3.63, 3.8) is 0 Å². The second-order valence-corrected chi connectivity index (χ2v) is 5.15. The molecule has 0 fully saturated rings. The number of nitrogens with two attached hydrogens (primary N) is 1. The summed E-state index contributed by atoms with van der Waals surface area (Å²) in [4.78, 5) is 0.280. The first-order valence-electron chi connectivity index (χ1n) is 3.97. The number of hydrogen-bond acceptors (Lipinski definition) is 3. The fraction of sp³-hybridized carbons (Fsp3) is 0.222. The number of sulfone groups is 1. The van der Waals surface area contributed by atoms with E-state index in [1.165, 1.54) is 12.1 Å². The highest BCUT2D eigenvalue weighted by Crippen LogP contribution is 2.16. The van der Waals surface area contributed by atoms with Crippen LogP contribution in [0.2, 0.25) is 0 Å². The van der Waals surface area contributed by atoms with Gasteiger partial charge in [0.2, 0.25) is 0 Å². The van der Waals surface area contributed by atoms with Gasteiger partial charge in [0.15, 0.2) is 9.84 Å². The predicted octanol–water partition coefficient (Wildman–Crippen LogP) is 0.683. The zero-order valence-corrected chi connectivity index (χ0v) is 8.85. The van der Waals surface area contributed by atoms with Gasteiger partial charge in [-0.3, -0.25) is 5.41 Å². The van der Waals surface area contributed by atoms with Crippen LogP contribution in [-0.4, -0.2) is 20.5 Å². The van der Waals surface area contributed by atoms with E-state index in [1.807, 2.05) is 0 Å². The zero-order valence-electron chi connectivity index (χ0n) is 8.03. The summed E-state index contributed by atoms with van der Waals surface area (Å²) in [5, 5.41) is 7.19. The van der Waals surface area contributed by atoms with Crippen molar-refractivity contribution in [1.82, 2.24) is 0 Å². The molecule has 0 saturated carbocycles. The van der Waals surface area contributed by atoms with E-state index in [4.69, 9.17) is 11.1 Å². The average molecular weight is 212 g/mol. The van der Waals surface area contributed by atoms with Crippen LogP contribution in [0.5, 0.6) is 0 Å². The van der Waals surface area contributed by atoms with Crippen molar-refractivity contribution in [1.29, 1.82) is 5.41 Å². The first kappa shape index (κ1) is 10.7. The van der Waals surface area contributed by atoms with Gasteiger partial charge in [0.05, 0.1) is 4.90 Å². The summed E-state index contributed by atoms with van der Waals surface area (Å²) in [6.45, 7) is 1.68. The molecule has 14 heavy (non-hydrogen) atoms. The van der Waals surface area contributed by atoms with Gasteiger partial charge >= 0.3 is 0 Å². The van der Waals surface area contributed by atoms with Gasteiger partial charge in [-0.2, -0.15) is 0 Å². The van der Waals surface area contributed by atoms with Gasteiger partial charge in [0.1, 0.15) is 5.84 Å². The summed E-state index contributed by atoms with van der Waals surface area (Å²) in [6, 6.07) is 4.60. The van der Waals surface area contributed by atoms with Crippen LogP contribution in [0.25, 0.3) is 0 Å². The van der Waals surface area contributed by atoms with Crippen molar-refractivity contribution >= 4 is 15.7 Å². The van der Waals surface area contributed by atoms with Gasteiger partial charge in [0, 0.05) is 11.8 Å². The first-order valence-corrected chi connectivity index (χ1v) is 5.86. The monoisotopic (exact) mass is 212 g/mol. The number of nitrogens with one attached hydrogen (secondary N) is 1. The van der Waals surface area contributed by atoms with E-state index in [2.05, 4.69) is 0 Å². The molecule has 1 rings (SSSR count). The van der Waals surface area contributed by atoms with E-state index in [0.717, 1.165) is 6.26 Å². The number of hydrogen-bond donors (Lipinski definition) is 2. The van der Waals surface area contributed by atoms with Crippen LogP contribution in [0.1, 0.15) is 11.1 Å². The Bertz CT molecular complexity index is 478. The number of benzene rings is 1. The molecule has 0 atom stereocenters.